The number of carbonyl (C=O) groups excluding carboxylic acids is 1. The molecule has 1 aliphatic heterocycles. The van der Waals surface area contributed by atoms with Crippen LogP contribution in [0.15, 0.2) is 36.4 Å². The molecule has 0 aliphatic carbocycles. The zero-order valence-electron chi connectivity index (χ0n) is 10.6. The molecule has 0 aromatic heterocycles. The summed E-state index contributed by atoms with van der Waals surface area (Å²) in [4.78, 5) is 11.3. The Bertz CT molecular complexity index is 433. The highest BCUT2D eigenvalue weighted by Gasteiger charge is 2.28. The predicted octanol–water partition coefficient (Wildman–Crippen LogP) is 3.53. The first-order chi connectivity index (χ1) is 7.88. The highest BCUT2D eigenvalue weighted by atomic mass is 16.5. The molecule has 1 aromatic rings. The lowest BCUT2D eigenvalue weighted by molar-refractivity contribution is -0.139. The Morgan fingerprint density at radius 3 is 2.24 bits per heavy atom. The van der Waals surface area contributed by atoms with Crippen molar-refractivity contribution >= 4 is 5.97 Å². The summed E-state index contributed by atoms with van der Waals surface area (Å²) in [5, 5.41) is 0. The molecule has 1 atom stereocenters. The zero-order chi connectivity index (χ0) is 12.6. The minimum absolute atomic E-state index is 0.147. The van der Waals surface area contributed by atoms with Crippen LogP contribution < -0.4 is 0 Å². The van der Waals surface area contributed by atoms with Gasteiger partial charge in [-0.25, -0.2) is 4.79 Å². The van der Waals surface area contributed by atoms with E-state index in [9.17, 15) is 4.79 Å². The number of cyclic esters (lactones) is 1. The van der Waals surface area contributed by atoms with Crippen LogP contribution in [-0.4, -0.2) is 5.97 Å². The standard InChI is InChI=1S/C15H18O2/c1-10-9-13(17-14(10)16)11-5-7-12(8-6-11)15(2,3)4/h5-8,13H,1,9H2,2-4H3/t13-/m0/s1. The topological polar surface area (TPSA) is 26.3 Å². The van der Waals surface area contributed by atoms with Crippen molar-refractivity contribution in [2.75, 3.05) is 0 Å². The normalized spacial score (nSPS) is 20.5. The van der Waals surface area contributed by atoms with Crippen molar-refractivity contribution in [1.29, 1.82) is 0 Å². The van der Waals surface area contributed by atoms with Gasteiger partial charge in [0, 0.05) is 12.0 Å². The summed E-state index contributed by atoms with van der Waals surface area (Å²) in [5.41, 5.74) is 3.04. The maximum absolute atomic E-state index is 11.3. The number of hydrogen-bond acceptors (Lipinski definition) is 2. The van der Waals surface area contributed by atoms with E-state index in [0.717, 1.165) is 5.56 Å². The van der Waals surface area contributed by atoms with Gasteiger partial charge in [-0.1, -0.05) is 51.6 Å². The molecule has 0 radical (unpaired) electrons. The quantitative estimate of drug-likeness (QED) is 0.545. The van der Waals surface area contributed by atoms with Crippen LogP contribution in [0.2, 0.25) is 0 Å². The highest BCUT2D eigenvalue weighted by Crippen LogP contribution is 2.33. The van der Waals surface area contributed by atoms with E-state index in [2.05, 4.69) is 39.5 Å². The second-order valence-corrected chi connectivity index (χ2v) is 5.57. The monoisotopic (exact) mass is 230 g/mol. The van der Waals surface area contributed by atoms with Gasteiger partial charge in [-0.2, -0.15) is 0 Å². The second kappa shape index (κ2) is 4.02. The fourth-order valence-electron chi connectivity index (χ4n) is 1.94. The molecule has 0 N–H and O–H groups in total. The van der Waals surface area contributed by atoms with Gasteiger partial charge in [-0.3, -0.25) is 0 Å². The summed E-state index contributed by atoms with van der Waals surface area (Å²) in [7, 11) is 0. The summed E-state index contributed by atoms with van der Waals surface area (Å²) in [6.45, 7) is 10.2. The van der Waals surface area contributed by atoms with Crippen molar-refractivity contribution in [2.45, 2.75) is 38.7 Å². The van der Waals surface area contributed by atoms with Crippen LogP contribution in [0, 0.1) is 0 Å². The van der Waals surface area contributed by atoms with Gasteiger partial charge >= 0.3 is 5.97 Å². The molecular weight excluding hydrogens is 212 g/mol. The van der Waals surface area contributed by atoms with Gasteiger partial charge in [0.1, 0.15) is 6.10 Å². The fourth-order valence-corrected chi connectivity index (χ4v) is 1.94. The molecular formula is C15H18O2. The van der Waals surface area contributed by atoms with Crippen LogP contribution in [-0.2, 0) is 14.9 Å². The summed E-state index contributed by atoms with van der Waals surface area (Å²) in [6, 6.07) is 8.28. The van der Waals surface area contributed by atoms with Gasteiger partial charge in [0.05, 0.1) is 0 Å². The van der Waals surface area contributed by atoms with Crippen molar-refractivity contribution in [3.63, 3.8) is 0 Å². The number of esters is 1. The lowest BCUT2D eigenvalue weighted by Gasteiger charge is -2.19. The largest absolute Gasteiger partial charge is 0.454 e. The van der Waals surface area contributed by atoms with Crippen molar-refractivity contribution in [3.8, 4) is 0 Å². The van der Waals surface area contributed by atoms with Crippen LogP contribution >= 0.6 is 0 Å². The number of benzene rings is 1. The van der Waals surface area contributed by atoms with Crippen molar-refractivity contribution in [2.24, 2.45) is 0 Å². The Kier molecular flexibility index (Phi) is 2.82. The highest BCUT2D eigenvalue weighted by molar-refractivity contribution is 5.90. The lowest BCUT2D eigenvalue weighted by Crippen LogP contribution is -2.11. The van der Waals surface area contributed by atoms with Crippen LogP contribution in [0.3, 0.4) is 0 Å². The molecule has 0 spiro atoms. The van der Waals surface area contributed by atoms with Crippen molar-refractivity contribution in [3.05, 3.63) is 47.5 Å². The Balaban J connectivity index is 2.19. The smallest absolute Gasteiger partial charge is 0.334 e. The van der Waals surface area contributed by atoms with Gasteiger partial charge < -0.3 is 4.74 Å². The molecule has 1 aromatic carbocycles. The fraction of sp³-hybridized carbons (Fsp3) is 0.400. The average molecular weight is 230 g/mol. The summed E-state index contributed by atoms with van der Waals surface area (Å²) >= 11 is 0. The Hall–Kier alpha value is -1.57. The molecule has 17 heavy (non-hydrogen) atoms. The van der Waals surface area contributed by atoms with Gasteiger partial charge in [0.2, 0.25) is 0 Å². The molecule has 2 nitrogen and oxygen atoms in total. The third kappa shape index (κ3) is 2.41. The number of carbonyl (C=O) groups is 1. The number of rotatable bonds is 1. The van der Waals surface area contributed by atoms with Gasteiger partial charge in [-0.15, -0.1) is 0 Å². The van der Waals surface area contributed by atoms with E-state index in [1.165, 1.54) is 5.56 Å². The average Bonchev–Trinajstić information content (AvgIpc) is 2.58. The summed E-state index contributed by atoms with van der Waals surface area (Å²) < 4.78 is 5.25. The number of hydrogen-bond donors (Lipinski definition) is 0. The Morgan fingerprint density at radius 2 is 1.82 bits per heavy atom. The first-order valence-corrected chi connectivity index (χ1v) is 5.87. The summed E-state index contributed by atoms with van der Waals surface area (Å²) in [6.07, 6.45) is 0.456. The van der Waals surface area contributed by atoms with Gasteiger partial charge in [0.15, 0.2) is 0 Å². The third-order valence-corrected chi connectivity index (χ3v) is 3.12. The van der Waals surface area contributed by atoms with Gasteiger partial charge in [0.25, 0.3) is 0 Å². The minimum atomic E-state index is -0.269. The molecule has 1 heterocycles. The Morgan fingerprint density at radius 1 is 1.24 bits per heavy atom. The first-order valence-electron chi connectivity index (χ1n) is 5.87. The lowest BCUT2D eigenvalue weighted by atomic mass is 9.86. The van der Waals surface area contributed by atoms with Crippen LogP contribution in [0.1, 0.15) is 44.4 Å². The molecule has 90 valence electrons. The Labute approximate surface area is 102 Å². The van der Waals surface area contributed by atoms with Crippen molar-refractivity contribution < 1.29 is 9.53 Å². The molecule has 2 rings (SSSR count). The summed E-state index contributed by atoms with van der Waals surface area (Å²) in [5.74, 6) is -0.269. The molecule has 0 bridgehead atoms. The molecule has 0 amide bonds. The van der Waals surface area contributed by atoms with E-state index < -0.39 is 0 Å². The van der Waals surface area contributed by atoms with E-state index in [0.29, 0.717) is 12.0 Å². The maximum Gasteiger partial charge on any atom is 0.334 e. The van der Waals surface area contributed by atoms with Gasteiger partial charge in [-0.05, 0) is 16.5 Å². The van der Waals surface area contributed by atoms with E-state index in [-0.39, 0.29) is 17.5 Å². The zero-order valence-corrected chi connectivity index (χ0v) is 10.6. The molecule has 0 unspecified atom stereocenters. The molecule has 1 aliphatic rings. The predicted molar refractivity (Wildman–Crippen MR) is 67.7 cm³/mol. The molecule has 2 heteroatoms. The third-order valence-electron chi connectivity index (χ3n) is 3.12. The van der Waals surface area contributed by atoms with Crippen molar-refractivity contribution in [1.82, 2.24) is 0 Å². The van der Waals surface area contributed by atoms with Crippen LogP contribution in [0.4, 0.5) is 0 Å². The second-order valence-electron chi connectivity index (χ2n) is 5.57. The van der Waals surface area contributed by atoms with E-state index >= 15 is 0 Å². The van der Waals surface area contributed by atoms with Crippen LogP contribution in [0.25, 0.3) is 0 Å². The van der Waals surface area contributed by atoms with E-state index in [1.807, 2.05) is 12.1 Å². The molecule has 0 saturated carbocycles. The van der Waals surface area contributed by atoms with Crippen LogP contribution in [0.5, 0.6) is 0 Å². The van der Waals surface area contributed by atoms with E-state index in [1.54, 1.807) is 0 Å². The molecule has 1 saturated heterocycles. The maximum atomic E-state index is 11.3. The molecule has 1 fully saturated rings. The first kappa shape index (κ1) is 11.9. The van der Waals surface area contributed by atoms with E-state index in [4.69, 9.17) is 4.74 Å². The SMILES string of the molecule is C=C1C[C@@H](c2ccc(C(C)(C)C)cc2)OC1=O. The minimum Gasteiger partial charge on any atom is -0.454 e. The number of ether oxygens (including phenoxy) is 1.